The van der Waals surface area contributed by atoms with Gasteiger partial charge in [0.1, 0.15) is 38.5 Å². The van der Waals surface area contributed by atoms with Gasteiger partial charge in [0.2, 0.25) is 5.78 Å². The predicted molar refractivity (Wildman–Crippen MR) is 67.5 cm³/mol. The number of carbonyl (C=O) groups is 1. The highest BCUT2D eigenvalue weighted by atomic mass is 19.1. The van der Waals surface area contributed by atoms with Gasteiger partial charge < -0.3 is 9.80 Å². The third-order valence-electron chi connectivity index (χ3n) is 3.75. The van der Waals surface area contributed by atoms with Gasteiger partial charge in [0.25, 0.3) is 0 Å². The molecule has 0 spiro atoms. The molecule has 98 valence electrons. The van der Waals surface area contributed by atoms with E-state index in [1.54, 1.807) is 23.1 Å². The number of hydrogen-bond acceptors (Lipinski definition) is 1. The second-order valence-electron chi connectivity index (χ2n) is 4.93. The summed E-state index contributed by atoms with van der Waals surface area (Å²) < 4.78 is 13.5. The van der Waals surface area contributed by atoms with Crippen molar-refractivity contribution in [3.8, 4) is 0 Å². The van der Waals surface area contributed by atoms with Gasteiger partial charge in [-0.3, -0.25) is 4.79 Å². The molecule has 1 aromatic rings. The largest absolute Gasteiger partial charge is 0.326 e. The summed E-state index contributed by atoms with van der Waals surface area (Å²) in [7, 11) is 0. The number of ketones is 1. The van der Waals surface area contributed by atoms with Gasteiger partial charge in [-0.15, -0.1) is 0 Å². The van der Waals surface area contributed by atoms with E-state index in [-0.39, 0.29) is 11.3 Å². The first-order chi connectivity index (χ1) is 8.70. The maximum atomic E-state index is 13.5. The minimum Gasteiger partial charge on any atom is -0.326 e. The number of Topliss-reactive ketones (excluding diaryl/α,β-unsaturated/α-hetero) is 1. The number of quaternary nitrogens is 2. The Labute approximate surface area is 107 Å². The van der Waals surface area contributed by atoms with Crippen LogP contribution in [0.2, 0.25) is 0 Å². The first kappa shape index (κ1) is 13.2. The third-order valence-corrected chi connectivity index (χ3v) is 3.75. The summed E-state index contributed by atoms with van der Waals surface area (Å²) in [5, 5.41) is 0. The highest BCUT2D eigenvalue weighted by Gasteiger charge is 2.24. The van der Waals surface area contributed by atoms with Crippen LogP contribution in [0.3, 0.4) is 0 Å². The van der Waals surface area contributed by atoms with Gasteiger partial charge in [-0.05, 0) is 19.1 Å². The molecule has 1 aliphatic rings. The van der Waals surface area contributed by atoms with Crippen LogP contribution in [0, 0.1) is 5.82 Å². The Kier molecular flexibility index (Phi) is 4.44. The fraction of sp³-hybridized carbons (Fsp3) is 0.500. The first-order valence-corrected chi connectivity index (χ1v) is 6.65. The maximum Gasteiger partial charge on any atom is 0.219 e. The second kappa shape index (κ2) is 6.07. The molecule has 2 rings (SSSR count). The van der Waals surface area contributed by atoms with Crippen molar-refractivity contribution in [3.63, 3.8) is 0 Å². The summed E-state index contributed by atoms with van der Waals surface area (Å²) in [6, 6.07) is 6.25. The van der Waals surface area contributed by atoms with E-state index in [9.17, 15) is 9.18 Å². The van der Waals surface area contributed by atoms with Crippen molar-refractivity contribution >= 4 is 5.78 Å². The number of halogens is 1. The van der Waals surface area contributed by atoms with E-state index in [0.717, 1.165) is 32.7 Å². The summed E-state index contributed by atoms with van der Waals surface area (Å²) in [5.41, 5.74) is 0.232. The maximum absolute atomic E-state index is 13.5. The topological polar surface area (TPSA) is 26.0 Å². The van der Waals surface area contributed by atoms with Gasteiger partial charge in [0.15, 0.2) is 0 Å². The zero-order valence-electron chi connectivity index (χ0n) is 10.8. The Morgan fingerprint density at radius 3 is 2.39 bits per heavy atom. The van der Waals surface area contributed by atoms with Crippen LogP contribution in [0.25, 0.3) is 0 Å². The molecule has 1 aliphatic heterocycles. The number of benzene rings is 1. The van der Waals surface area contributed by atoms with Crippen molar-refractivity contribution in [2.24, 2.45) is 0 Å². The summed E-state index contributed by atoms with van der Waals surface area (Å²) in [6.45, 7) is 7.97. The number of carbonyl (C=O) groups excluding carboxylic acids is 1. The fourth-order valence-corrected chi connectivity index (χ4v) is 2.50. The number of hydrogen-bond donors (Lipinski definition) is 2. The van der Waals surface area contributed by atoms with Crippen molar-refractivity contribution in [2.75, 3.05) is 39.3 Å². The average Bonchev–Trinajstić information content (AvgIpc) is 2.40. The van der Waals surface area contributed by atoms with Crippen LogP contribution in [-0.4, -0.2) is 45.1 Å². The van der Waals surface area contributed by atoms with Gasteiger partial charge in [-0.25, -0.2) is 4.39 Å². The second-order valence-corrected chi connectivity index (χ2v) is 4.93. The lowest BCUT2D eigenvalue weighted by atomic mass is 10.1. The molecule has 1 fully saturated rings. The lowest BCUT2D eigenvalue weighted by Gasteiger charge is -2.28. The van der Waals surface area contributed by atoms with Crippen molar-refractivity contribution in [3.05, 3.63) is 35.6 Å². The molecular weight excluding hydrogens is 231 g/mol. The molecule has 0 unspecified atom stereocenters. The molecular formula is C14H21FN2O+2. The Morgan fingerprint density at radius 1 is 1.17 bits per heavy atom. The van der Waals surface area contributed by atoms with Crippen LogP contribution >= 0.6 is 0 Å². The van der Waals surface area contributed by atoms with Gasteiger partial charge in [0, 0.05) is 0 Å². The van der Waals surface area contributed by atoms with Crippen LogP contribution in [0.4, 0.5) is 4.39 Å². The lowest BCUT2D eigenvalue weighted by Crippen LogP contribution is -3.28. The molecule has 0 radical (unpaired) electrons. The highest BCUT2D eigenvalue weighted by Crippen LogP contribution is 2.05. The van der Waals surface area contributed by atoms with Crippen molar-refractivity contribution in [2.45, 2.75) is 6.92 Å². The molecule has 0 saturated carbocycles. The average molecular weight is 252 g/mol. The minimum atomic E-state index is -0.403. The molecule has 1 heterocycles. The van der Waals surface area contributed by atoms with Crippen molar-refractivity contribution in [1.29, 1.82) is 0 Å². The van der Waals surface area contributed by atoms with Crippen molar-refractivity contribution < 1.29 is 19.0 Å². The summed E-state index contributed by atoms with van der Waals surface area (Å²) in [6.07, 6.45) is 0. The Morgan fingerprint density at radius 2 is 1.78 bits per heavy atom. The first-order valence-electron chi connectivity index (χ1n) is 6.65. The number of rotatable bonds is 4. The van der Waals surface area contributed by atoms with E-state index in [4.69, 9.17) is 0 Å². The molecule has 0 bridgehead atoms. The van der Waals surface area contributed by atoms with E-state index in [1.807, 2.05) is 0 Å². The van der Waals surface area contributed by atoms with E-state index >= 15 is 0 Å². The molecule has 0 aromatic heterocycles. The third kappa shape index (κ3) is 3.15. The Balaban J connectivity index is 1.91. The fourth-order valence-electron chi connectivity index (χ4n) is 2.50. The van der Waals surface area contributed by atoms with Gasteiger partial charge >= 0.3 is 0 Å². The molecule has 1 saturated heterocycles. The molecule has 0 aliphatic carbocycles. The molecule has 2 N–H and O–H groups in total. The molecule has 0 atom stereocenters. The number of piperazine rings is 1. The zero-order valence-corrected chi connectivity index (χ0v) is 10.8. The van der Waals surface area contributed by atoms with E-state index in [1.165, 1.54) is 11.0 Å². The van der Waals surface area contributed by atoms with Crippen molar-refractivity contribution in [1.82, 2.24) is 0 Å². The van der Waals surface area contributed by atoms with Crippen LogP contribution in [0.5, 0.6) is 0 Å². The van der Waals surface area contributed by atoms with Crippen LogP contribution < -0.4 is 9.80 Å². The highest BCUT2D eigenvalue weighted by molar-refractivity contribution is 5.97. The zero-order chi connectivity index (χ0) is 13.0. The van der Waals surface area contributed by atoms with Crippen LogP contribution in [0.15, 0.2) is 24.3 Å². The molecule has 4 heteroatoms. The molecule has 18 heavy (non-hydrogen) atoms. The smallest absolute Gasteiger partial charge is 0.219 e. The number of likely N-dealkylation sites (N-methyl/N-ethyl adjacent to an activating group) is 1. The molecule has 1 aromatic carbocycles. The molecule has 3 nitrogen and oxygen atoms in total. The summed E-state index contributed by atoms with van der Waals surface area (Å²) in [5.74, 6) is -0.484. The Hall–Kier alpha value is -1.26. The summed E-state index contributed by atoms with van der Waals surface area (Å²) >= 11 is 0. The van der Waals surface area contributed by atoms with E-state index in [0.29, 0.717) is 6.54 Å². The monoisotopic (exact) mass is 252 g/mol. The minimum absolute atomic E-state index is 0.0805. The van der Waals surface area contributed by atoms with Crippen LogP contribution in [-0.2, 0) is 0 Å². The Bertz CT molecular complexity index is 414. The van der Waals surface area contributed by atoms with Crippen LogP contribution in [0.1, 0.15) is 17.3 Å². The predicted octanol–water partition coefficient (Wildman–Crippen LogP) is -1.19. The van der Waals surface area contributed by atoms with Gasteiger partial charge in [0.05, 0.1) is 12.1 Å². The van der Waals surface area contributed by atoms with E-state index < -0.39 is 5.82 Å². The SMILES string of the molecule is CC[NH+]1CC[NH+](CC(=O)c2ccccc2F)CC1. The standard InChI is InChI=1S/C14H19FN2O/c1-2-16-7-9-17(10-8-16)11-14(18)12-5-3-4-6-13(12)15/h3-6H,2,7-11H2,1H3/p+2. The lowest BCUT2D eigenvalue weighted by molar-refractivity contribution is -1.01. The normalized spacial score (nSPS) is 23.9. The number of nitrogens with one attached hydrogen (secondary N) is 2. The molecule has 0 amide bonds. The van der Waals surface area contributed by atoms with E-state index in [2.05, 4.69) is 6.92 Å². The van der Waals surface area contributed by atoms with Gasteiger partial charge in [-0.1, -0.05) is 12.1 Å². The van der Waals surface area contributed by atoms with Gasteiger partial charge in [-0.2, -0.15) is 0 Å². The quantitative estimate of drug-likeness (QED) is 0.648. The summed E-state index contributed by atoms with van der Waals surface area (Å²) in [4.78, 5) is 14.9.